The summed E-state index contributed by atoms with van der Waals surface area (Å²) in [6.45, 7) is 15.0. The van der Waals surface area contributed by atoms with Gasteiger partial charge in [-0.05, 0) is 92.5 Å². The smallest absolute Gasteiger partial charge is 0.00130 e. The third-order valence-electron chi connectivity index (χ3n) is 7.44. The second-order valence-electron chi connectivity index (χ2n) is 10.7. The summed E-state index contributed by atoms with van der Waals surface area (Å²) in [6.07, 6.45) is 12.8. The molecular formula is C32H47N. The van der Waals surface area contributed by atoms with Gasteiger partial charge in [-0.25, -0.2) is 0 Å². The highest BCUT2D eigenvalue weighted by Gasteiger charge is 2.22. The van der Waals surface area contributed by atoms with Crippen molar-refractivity contribution in [1.29, 1.82) is 0 Å². The van der Waals surface area contributed by atoms with E-state index in [9.17, 15) is 0 Å². The molecule has 1 fully saturated rings. The molecule has 0 aromatic heterocycles. The molecular weight excluding hydrogens is 398 g/mol. The molecule has 2 aromatic rings. The van der Waals surface area contributed by atoms with Gasteiger partial charge in [-0.3, -0.25) is 0 Å². The minimum absolute atomic E-state index is 0.758. The standard InChI is InChI=1S/C32H47N/c1-5-6-7-11-29-15-17-30(18-16-29)23-31(25-33-22-21-27(3)24-33)12-9-8-10-28(4)32-19-13-26(2)14-20-32/h13-20,27,31H,4-12,21-25H2,1-3H3/t27?,31-/m0/s1. The van der Waals surface area contributed by atoms with Gasteiger partial charge < -0.3 is 4.90 Å². The van der Waals surface area contributed by atoms with Gasteiger partial charge in [0.15, 0.2) is 0 Å². The summed E-state index contributed by atoms with van der Waals surface area (Å²) in [5.41, 5.74) is 6.95. The van der Waals surface area contributed by atoms with E-state index in [4.69, 9.17) is 0 Å². The average molecular weight is 446 g/mol. The highest BCUT2D eigenvalue weighted by atomic mass is 15.1. The summed E-state index contributed by atoms with van der Waals surface area (Å²) in [6, 6.07) is 18.4. The number of likely N-dealkylation sites (tertiary alicyclic amines) is 1. The van der Waals surface area contributed by atoms with Crippen molar-refractivity contribution in [3.63, 3.8) is 0 Å². The maximum atomic E-state index is 4.36. The second-order valence-corrected chi connectivity index (χ2v) is 10.7. The largest absolute Gasteiger partial charge is 0.303 e. The Morgan fingerprint density at radius 3 is 2.36 bits per heavy atom. The van der Waals surface area contributed by atoms with Gasteiger partial charge in [0.05, 0.1) is 0 Å². The Morgan fingerprint density at radius 2 is 1.70 bits per heavy atom. The van der Waals surface area contributed by atoms with E-state index in [1.54, 1.807) is 0 Å². The van der Waals surface area contributed by atoms with Crippen molar-refractivity contribution in [1.82, 2.24) is 4.90 Å². The van der Waals surface area contributed by atoms with Gasteiger partial charge in [-0.15, -0.1) is 0 Å². The van der Waals surface area contributed by atoms with E-state index in [0.29, 0.717) is 0 Å². The molecule has 2 aromatic carbocycles. The van der Waals surface area contributed by atoms with E-state index >= 15 is 0 Å². The zero-order valence-electron chi connectivity index (χ0n) is 21.6. The first-order valence-electron chi connectivity index (χ1n) is 13.6. The highest BCUT2D eigenvalue weighted by Crippen LogP contribution is 2.25. The van der Waals surface area contributed by atoms with Gasteiger partial charge in [0, 0.05) is 13.1 Å². The summed E-state index contributed by atoms with van der Waals surface area (Å²) in [4.78, 5) is 2.72. The van der Waals surface area contributed by atoms with Crippen LogP contribution in [0.1, 0.15) is 87.5 Å². The Hall–Kier alpha value is -1.86. The Bertz CT molecular complexity index is 817. The SMILES string of the molecule is C=C(CCCC[C@@H](Cc1ccc(CCCCC)cc1)CN1CCC(C)C1)c1ccc(C)cc1. The van der Waals surface area contributed by atoms with Crippen molar-refractivity contribution in [2.75, 3.05) is 19.6 Å². The van der Waals surface area contributed by atoms with Crippen molar-refractivity contribution in [2.45, 2.75) is 85.0 Å². The lowest BCUT2D eigenvalue weighted by atomic mass is 9.91. The highest BCUT2D eigenvalue weighted by molar-refractivity contribution is 5.63. The van der Waals surface area contributed by atoms with Gasteiger partial charge in [0.1, 0.15) is 0 Å². The molecule has 1 saturated heterocycles. The van der Waals surface area contributed by atoms with Crippen molar-refractivity contribution >= 4 is 5.57 Å². The third kappa shape index (κ3) is 9.13. The predicted molar refractivity (Wildman–Crippen MR) is 146 cm³/mol. The number of unbranched alkanes of at least 4 members (excludes halogenated alkanes) is 3. The summed E-state index contributed by atoms with van der Waals surface area (Å²) < 4.78 is 0. The molecule has 2 atom stereocenters. The maximum Gasteiger partial charge on any atom is 0.00130 e. The molecule has 33 heavy (non-hydrogen) atoms. The van der Waals surface area contributed by atoms with Crippen LogP contribution in [0.25, 0.3) is 5.57 Å². The van der Waals surface area contributed by atoms with Gasteiger partial charge in [0.25, 0.3) is 0 Å². The molecule has 1 aliphatic heterocycles. The summed E-state index contributed by atoms with van der Waals surface area (Å²) >= 11 is 0. The van der Waals surface area contributed by atoms with Crippen molar-refractivity contribution in [3.05, 3.63) is 77.4 Å². The van der Waals surface area contributed by atoms with Gasteiger partial charge in [-0.2, -0.15) is 0 Å². The normalized spacial score (nSPS) is 17.4. The van der Waals surface area contributed by atoms with E-state index in [-0.39, 0.29) is 0 Å². The van der Waals surface area contributed by atoms with E-state index in [1.807, 2.05) is 0 Å². The molecule has 0 spiro atoms. The fourth-order valence-corrected chi connectivity index (χ4v) is 5.27. The van der Waals surface area contributed by atoms with Crippen LogP contribution in [0.2, 0.25) is 0 Å². The van der Waals surface area contributed by atoms with Crippen LogP contribution in [0.15, 0.2) is 55.1 Å². The minimum Gasteiger partial charge on any atom is -0.303 e. The lowest BCUT2D eigenvalue weighted by Gasteiger charge is -2.24. The van der Waals surface area contributed by atoms with E-state index in [0.717, 1.165) is 18.3 Å². The van der Waals surface area contributed by atoms with Gasteiger partial charge in [0.2, 0.25) is 0 Å². The number of nitrogens with zero attached hydrogens (tertiary/aromatic N) is 1. The van der Waals surface area contributed by atoms with Crippen LogP contribution in [0.4, 0.5) is 0 Å². The Labute approximate surface area is 204 Å². The van der Waals surface area contributed by atoms with Crippen LogP contribution in [0, 0.1) is 18.8 Å². The van der Waals surface area contributed by atoms with Crippen LogP contribution in [-0.2, 0) is 12.8 Å². The molecule has 0 radical (unpaired) electrons. The fraction of sp³-hybridized carbons (Fsp3) is 0.562. The summed E-state index contributed by atoms with van der Waals surface area (Å²) in [5, 5.41) is 0. The lowest BCUT2D eigenvalue weighted by Crippen LogP contribution is -2.28. The molecule has 0 amide bonds. The number of allylic oxidation sites excluding steroid dienone is 1. The lowest BCUT2D eigenvalue weighted by molar-refractivity contribution is 0.257. The Balaban J connectivity index is 1.49. The third-order valence-corrected chi connectivity index (χ3v) is 7.44. The fourth-order valence-electron chi connectivity index (χ4n) is 5.27. The Kier molecular flexibility index (Phi) is 10.7. The molecule has 1 nitrogen and oxygen atoms in total. The molecule has 0 bridgehead atoms. The molecule has 1 heteroatoms. The molecule has 180 valence electrons. The van der Waals surface area contributed by atoms with Gasteiger partial charge in [-0.1, -0.05) is 93.8 Å². The van der Waals surface area contributed by atoms with Gasteiger partial charge >= 0.3 is 0 Å². The zero-order valence-corrected chi connectivity index (χ0v) is 21.6. The molecule has 3 rings (SSSR count). The minimum atomic E-state index is 0.758. The molecule has 1 aliphatic rings. The first-order valence-corrected chi connectivity index (χ1v) is 13.6. The van der Waals surface area contributed by atoms with Crippen LogP contribution in [-0.4, -0.2) is 24.5 Å². The predicted octanol–water partition coefficient (Wildman–Crippen LogP) is 8.50. The number of benzene rings is 2. The Morgan fingerprint density at radius 1 is 0.970 bits per heavy atom. The van der Waals surface area contributed by atoms with E-state index in [1.165, 1.54) is 105 Å². The first-order chi connectivity index (χ1) is 16.0. The van der Waals surface area contributed by atoms with Crippen LogP contribution < -0.4 is 0 Å². The second kappa shape index (κ2) is 13.8. The number of rotatable bonds is 14. The quantitative estimate of drug-likeness (QED) is 0.263. The maximum absolute atomic E-state index is 4.36. The van der Waals surface area contributed by atoms with E-state index < -0.39 is 0 Å². The topological polar surface area (TPSA) is 3.24 Å². The monoisotopic (exact) mass is 445 g/mol. The number of hydrogen-bond donors (Lipinski definition) is 0. The number of aryl methyl sites for hydroxylation is 2. The van der Waals surface area contributed by atoms with Crippen molar-refractivity contribution < 1.29 is 0 Å². The first kappa shape index (κ1) is 25.8. The van der Waals surface area contributed by atoms with Crippen LogP contribution in [0.5, 0.6) is 0 Å². The molecule has 1 heterocycles. The molecule has 1 unspecified atom stereocenters. The molecule has 0 aliphatic carbocycles. The zero-order chi connectivity index (χ0) is 23.5. The van der Waals surface area contributed by atoms with Crippen molar-refractivity contribution in [3.8, 4) is 0 Å². The summed E-state index contributed by atoms with van der Waals surface area (Å²) in [5.74, 6) is 1.62. The van der Waals surface area contributed by atoms with E-state index in [2.05, 4.69) is 80.8 Å². The average Bonchev–Trinajstić information content (AvgIpc) is 3.22. The summed E-state index contributed by atoms with van der Waals surface area (Å²) in [7, 11) is 0. The van der Waals surface area contributed by atoms with Crippen LogP contribution >= 0.6 is 0 Å². The number of hydrogen-bond acceptors (Lipinski definition) is 1. The molecule has 0 saturated carbocycles. The van der Waals surface area contributed by atoms with Crippen molar-refractivity contribution in [2.24, 2.45) is 11.8 Å². The van der Waals surface area contributed by atoms with Crippen LogP contribution in [0.3, 0.4) is 0 Å². The molecule has 0 N–H and O–H groups in total.